The second-order valence-electron chi connectivity index (χ2n) is 6.84. The van der Waals surface area contributed by atoms with Crippen LogP contribution in [-0.2, 0) is 0 Å². The largest absolute Gasteiger partial charge is 0.356 e. The number of aromatic nitrogens is 2. The highest BCUT2D eigenvalue weighted by Gasteiger charge is 2.19. The fraction of sp³-hybridized carbons (Fsp3) is 0.765. The zero-order valence-electron chi connectivity index (χ0n) is 13.4. The van der Waals surface area contributed by atoms with E-state index in [0.29, 0.717) is 6.04 Å². The van der Waals surface area contributed by atoms with Gasteiger partial charge in [0.2, 0.25) is 5.95 Å². The molecule has 0 unspecified atom stereocenters. The van der Waals surface area contributed by atoms with Crippen molar-refractivity contribution in [3.8, 4) is 0 Å². The first kappa shape index (κ1) is 14.6. The minimum absolute atomic E-state index is 0.565. The SMILES string of the molecule is Cc1cc(N2CCC(C)CC2)nc(NC2CCCCC2)n1. The number of aryl methyl sites for hydroxylation is 1. The number of piperidine rings is 1. The van der Waals surface area contributed by atoms with E-state index < -0.39 is 0 Å². The van der Waals surface area contributed by atoms with E-state index >= 15 is 0 Å². The van der Waals surface area contributed by atoms with Crippen LogP contribution in [0, 0.1) is 12.8 Å². The van der Waals surface area contributed by atoms with Crippen LogP contribution in [0.2, 0.25) is 0 Å². The van der Waals surface area contributed by atoms with Gasteiger partial charge in [-0.1, -0.05) is 26.2 Å². The minimum Gasteiger partial charge on any atom is -0.356 e. The van der Waals surface area contributed by atoms with E-state index in [0.717, 1.165) is 36.5 Å². The summed E-state index contributed by atoms with van der Waals surface area (Å²) >= 11 is 0. The maximum atomic E-state index is 4.78. The van der Waals surface area contributed by atoms with E-state index in [4.69, 9.17) is 4.98 Å². The van der Waals surface area contributed by atoms with Crippen molar-refractivity contribution in [2.75, 3.05) is 23.3 Å². The molecule has 1 N–H and O–H groups in total. The Morgan fingerprint density at radius 2 is 1.76 bits per heavy atom. The van der Waals surface area contributed by atoms with Gasteiger partial charge < -0.3 is 10.2 Å². The van der Waals surface area contributed by atoms with Crippen LogP contribution in [0.1, 0.15) is 57.6 Å². The van der Waals surface area contributed by atoms with Crippen molar-refractivity contribution < 1.29 is 0 Å². The van der Waals surface area contributed by atoms with Crippen LogP contribution in [0.3, 0.4) is 0 Å². The molecule has 0 aromatic carbocycles. The van der Waals surface area contributed by atoms with Crippen LogP contribution in [0.4, 0.5) is 11.8 Å². The molecule has 2 fully saturated rings. The van der Waals surface area contributed by atoms with E-state index in [9.17, 15) is 0 Å². The fourth-order valence-corrected chi connectivity index (χ4v) is 3.45. The Morgan fingerprint density at radius 1 is 1.05 bits per heavy atom. The molecule has 0 atom stereocenters. The maximum absolute atomic E-state index is 4.78. The second-order valence-corrected chi connectivity index (χ2v) is 6.84. The van der Waals surface area contributed by atoms with Crippen LogP contribution in [0.25, 0.3) is 0 Å². The van der Waals surface area contributed by atoms with Crippen LogP contribution in [-0.4, -0.2) is 29.1 Å². The molecule has 2 aliphatic rings. The third-order valence-corrected chi connectivity index (χ3v) is 4.89. The van der Waals surface area contributed by atoms with Crippen molar-refractivity contribution in [1.82, 2.24) is 9.97 Å². The van der Waals surface area contributed by atoms with Crippen molar-refractivity contribution in [2.24, 2.45) is 5.92 Å². The summed E-state index contributed by atoms with van der Waals surface area (Å²) in [5.41, 5.74) is 1.07. The predicted molar refractivity (Wildman–Crippen MR) is 87.9 cm³/mol. The summed E-state index contributed by atoms with van der Waals surface area (Å²) in [4.78, 5) is 11.8. The Balaban J connectivity index is 1.70. The Hall–Kier alpha value is -1.32. The third-order valence-electron chi connectivity index (χ3n) is 4.89. The van der Waals surface area contributed by atoms with E-state index in [1.165, 1.54) is 44.9 Å². The summed E-state index contributed by atoms with van der Waals surface area (Å²) < 4.78 is 0. The molecule has 1 saturated heterocycles. The lowest BCUT2D eigenvalue weighted by molar-refractivity contribution is 0.436. The monoisotopic (exact) mass is 288 g/mol. The average Bonchev–Trinajstić information content (AvgIpc) is 2.48. The van der Waals surface area contributed by atoms with Gasteiger partial charge in [-0.05, 0) is 38.5 Å². The quantitative estimate of drug-likeness (QED) is 0.919. The lowest BCUT2D eigenvalue weighted by Crippen LogP contribution is -2.34. The first-order chi connectivity index (χ1) is 10.2. The highest BCUT2D eigenvalue weighted by Crippen LogP contribution is 2.24. The van der Waals surface area contributed by atoms with Crippen molar-refractivity contribution in [1.29, 1.82) is 0 Å². The molecule has 0 spiro atoms. The summed E-state index contributed by atoms with van der Waals surface area (Å²) in [5, 5.41) is 3.56. The molecule has 116 valence electrons. The van der Waals surface area contributed by atoms with Gasteiger partial charge in [0.1, 0.15) is 5.82 Å². The molecule has 0 bridgehead atoms. The molecule has 1 saturated carbocycles. The average molecular weight is 288 g/mol. The molecule has 4 heteroatoms. The van der Waals surface area contributed by atoms with E-state index in [1.807, 2.05) is 0 Å². The summed E-state index contributed by atoms with van der Waals surface area (Å²) in [6.07, 6.45) is 9.11. The fourth-order valence-electron chi connectivity index (χ4n) is 3.45. The molecule has 0 amide bonds. The highest BCUT2D eigenvalue weighted by atomic mass is 15.2. The van der Waals surface area contributed by atoms with E-state index in [-0.39, 0.29) is 0 Å². The van der Waals surface area contributed by atoms with Crippen LogP contribution >= 0.6 is 0 Å². The van der Waals surface area contributed by atoms with Gasteiger partial charge >= 0.3 is 0 Å². The maximum Gasteiger partial charge on any atom is 0.225 e. The van der Waals surface area contributed by atoms with Gasteiger partial charge in [0.25, 0.3) is 0 Å². The summed E-state index contributed by atoms with van der Waals surface area (Å²) in [5.74, 6) is 2.78. The topological polar surface area (TPSA) is 41.1 Å². The van der Waals surface area contributed by atoms with Gasteiger partial charge in [-0.3, -0.25) is 0 Å². The molecule has 4 nitrogen and oxygen atoms in total. The van der Waals surface area contributed by atoms with Crippen molar-refractivity contribution in [3.05, 3.63) is 11.8 Å². The standard InChI is InChI=1S/C17H28N4/c1-13-8-10-21(11-9-13)16-12-14(2)18-17(20-16)19-15-6-4-3-5-7-15/h12-13,15H,3-11H2,1-2H3,(H,18,19,20). The van der Waals surface area contributed by atoms with Gasteiger partial charge in [0, 0.05) is 30.9 Å². The zero-order valence-corrected chi connectivity index (χ0v) is 13.4. The first-order valence-electron chi connectivity index (χ1n) is 8.58. The predicted octanol–water partition coefficient (Wildman–Crippen LogP) is 3.77. The van der Waals surface area contributed by atoms with Gasteiger partial charge in [0.05, 0.1) is 0 Å². The van der Waals surface area contributed by atoms with Gasteiger partial charge in [-0.2, -0.15) is 4.98 Å². The Labute approximate surface area is 128 Å². The molecule has 0 radical (unpaired) electrons. The molecule has 2 heterocycles. The molecular weight excluding hydrogens is 260 g/mol. The summed E-state index contributed by atoms with van der Waals surface area (Å²) in [7, 11) is 0. The second kappa shape index (κ2) is 6.63. The number of anilines is 2. The molecule has 1 aliphatic heterocycles. The number of hydrogen-bond acceptors (Lipinski definition) is 4. The molecule has 1 aromatic rings. The zero-order chi connectivity index (χ0) is 14.7. The van der Waals surface area contributed by atoms with E-state index in [2.05, 4.69) is 35.1 Å². The lowest BCUT2D eigenvalue weighted by atomic mass is 9.96. The highest BCUT2D eigenvalue weighted by molar-refractivity contribution is 5.45. The number of nitrogens with zero attached hydrogens (tertiary/aromatic N) is 3. The summed E-state index contributed by atoms with van der Waals surface area (Å²) in [6.45, 7) is 6.67. The Bertz CT molecular complexity index is 460. The van der Waals surface area contributed by atoms with Crippen LogP contribution in [0.15, 0.2) is 6.07 Å². The number of nitrogens with one attached hydrogen (secondary N) is 1. The molecule has 1 aromatic heterocycles. The molecular formula is C17H28N4. The molecule has 1 aliphatic carbocycles. The van der Waals surface area contributed by atoms with Crippen molar-refractivity contribution >= 4 is 11.8 Å². The van der Waals surface area contributed by atoms with Crippen LogP contribution in [0.5, 0.6) is 0 Å². The van der Waals surface area contributed by atoms with Crippen molar-refractivity contribution in [2.45, 2.75) is 64.8 Å². The molecule has 21 heavy (non-hydrogen) atoms. The number of hydrogen-bond donors (Lipinski definition) is 1. The van der Waals surface area contributed by atoms with Gasteiger partial charge in [-0.25, -0.2) is 4.98 Å². The van der Waals surface area contributed by atoms with E-state index in [1.54, 1.807) is 0 Å². The minimum atomic E-state index is 0.565. The third kappa shape index (κ3) is 3.86. The van der Waals surface area contributed by atoms with Crippen LogP contribution < -0.4 is 10.2 Å². The molecule has 3 rings (SSSR count). The summed E-state index contributed by atoms with van der Waals surface area (Å²) in [6, 6.07) is 2.69. The smallest absolute Gasteiger partial charge is 0.225 e. The number of rotatable bonds is 3. The first-order valence-corrected chi connectivity index (χ1v) is 8.58. The normalized spacial score (nSPS) is 21.5. The Morgan fingerprint density at radius 3 is 2.48 bits per heavy atom. The van der Waals surface area contributed by atoms with Gasteiger partial charge in [0.15, 0.2) is 0 Å². The Kier molecular flexibility index (Phi) is 4.61. The van der Waals surface area contributed by atoms with Crippen molar-refractivity contribution in [3.63, 3.8) is 0 Å². The van der Waals surface area contributed by atoms with Gasteiger partial charge in [-0.15, -0.1) is 0 Å². The lowest BCUT2D eigenvalue weighted by Gasteiger charge is -2.31.